The van der Waals surface area contributed by atoms with Gasteiger partial charge in [0.2, 0.25) is 0 Å². The molecule has 0 amide bonds. The zero-order valence-corrected chi connectivity index (χ0v) is 10.3. The Morgan fingerprint density at radius 3 is 2.56 bits per heavy atom. The largest absolute Gasteiger partial charge is 0.398 e. The molecule has 0 aliphatic rings. The molecule has 0 spiro atoms. The number of halogens is 1. The first-order valence-corrected chi connectivity index (χ1v) is 5.73. The van der Waals surface area contributed by atoms with Crippen LogP contribution >= 0.6 is 11.6 Å². The van der Waals surface area contributed by atoms with E-state index in [0.717, 1.165) is 5.56 Å². The summed E-state index contributed by atoms with van der Waals surface area (Å²) < 4.78 is 0. The van der Waals surface area contributed by atoms with Crippen molar-refractivity contribution in [3.05, 3.63) is 71.0 Å². The van der Waals surface area contributed by atoms with Gasteiger partial charge in [-0.3, -0.25) is 4.79 Å². The fourth-order valence-corrected chi connectivity index (χ4v) is 1.72. The second-order valence-corrected chi connectivity index (χ2v) is 4.03. The van der Waals surface area contributed by atoms with Gasteiger partial charge in [0, 0.05) is 18.0 Å². The Labute approximate surface area is 110 Å². The van der Waals surface area contributed by atoms with E-state index in [1.54, 1.807) is 12.1 Å². The van der Waals surface area contributed by atoms with E-state index in [9.17, 15) is 4.79 Å². The van der Waals surface area contributed by atoms with E-state index in [2.05, 4.69) is 4.98 Å². The highest BCUT2D eigenvalue weighted by molar-refractivity contribution is 6.33. The first-order chi connectivity index (χ1) is 8.68. The molecule has 0 unspecified atom stereocenters. The van der Waals surface area contributed by atoms with E-state index in [1.165, 1.54) is 12.3 Å². The Morgan fingerprint density at radius 2 is 1.89 bits per heavy atom. The molecule has 90 valence electrons. The van der Waals surface area contributed by atoms with Crippen LogP contribution in [0.3, 0.4) is 0 Å². The van der Waals surface area contributed by atoms with Gasteiger partial charge in [0.1, 0.15) is 5.15 Å². The van der Waals surface area contributed by atoms with Gasteiger partial charge in [-0.25, -0.2) is 4.98 Å². The van der Waals surface area contributed by atoms with E-state index < -0.39 is 0 Å². The number of hydrogen-bond donors (Lipinski definition) is 1. The molecule has 4 heteroatoms. The predicted molar refractivity (Wildman–Crippen MR) is 72.2 cm³/mol. The number of pyridine rings is 1. The summed E-state index contributed by atoms with van der Waals surface area (Å²) in [5, 5.41) is 0.180. The zero-order valence-electron chi connectivity index (χ0n) is 9.51. The van der Waals surface area contributed by atoms with Crippen molar-refractivity contribution in [3.8, 4) is 0 Å². The van der Waals surface area contributed by atoms with Crippen molar-refractivity contribution in [1.82, 2.24) is 4.98 Å². The minimum absolute atomic E-state index is 0.180. The van der Waals surface area contributed by atoms with Crippen LogP contribution in [0.15, 0.2) is 54.7 Å². The first-order valence-electron chi connectivity index (χ1n) is 5.36. The summed E-state index contributed by atoms with van der Waals surface area (Å²) in [4.78, 5) is 15.8. The SMILES string of the molecule is NC(=CC(=O)c1cccnc1Cl)c1ccccc1. The van der Waals surface area contributed by atoms with E-state index in [-0.39, 0.29) is 10.9 Å². The minimum atomic E-state index is -0.255. The van der Waals surface area contributed by atoms with Crippen molar-refractivity contribution in [2.24, 2.45) is 5.73 Å². The Bertz CT molecular complexity index is 594. The fourth-order valence-electron chi connectivity index (χ4n) is 1.50. The summed E-state index contributed by atoms with van der Waals surface area (Å²) in [6, 6.07) is 12.6. The Kier molecular flexibility index (Phi) is 3.75. The molecule has 0 aliphatic heterocycles. The molecule has 0 radical (unpaired) electrons. The second kappa shape index (κ2) is 5.47. The highest BCUT2D eigenvalue weighted by Gasteiger charge is 2.09. The Hall–Kier alpha value is -2.13. The third kappa shape index (κ3) is 2.76. The van der Waals surface area contributed by atoms with Crippen LogP contribution in [-0.2, 0) is 0 Å². The quantitative estimate of drug-likeness (QED) is 0.523. The van der Waals surface area contributed by atoms with Crippen molar-refractivity contribution >= 4 is 23.1 Å². The van der Waals surface area contributed by atoms with Crippen LogP contribution in [0.25, 0.3) is 5.70 Å². The van der Waals surface area contributed by atoms with Crippen LogP contribution in [0, 0.1) is 0 Å². The monoisotopic (exact) mass is 258 g/mol. The number of benzene rings is 1. The molecular weight excluding hydrogens is 248 g/mol. The maximum absolute atomic E-state index is 12.0. The highest BCUT2D eigenvalue weighted by atomic mass is 35.5. The molecule has 1 aromatic heterocycles. The summed E-state index contributed by atoms with van der Waals surface area (Å²) in [7, 11) is 0. The van der Waals surface area contributed by atoms with Crippen LogP contribution < -0.4 is 5.73 Å². The number of allylic oxidation sites excluding steroid dienone is 1. The highest BCUT2D eigenvalue weighted by Crippen LogP contribution is 2.15. The zero-order chi connectivity index (χ0) is 13.0. The maximum Gasteiger partial charge on any atom is 0.191 e. The molecule has 2 N–H and O–H groups in total. The second-order valence-electron chi connectivity index (χ2n) is 3.67. The third-order valence-electron chi connectivity index (χ3n) is 2.42. The van der Waals surface area contributed by atoms with Gasteiger partial charge >= 0.3 is 0 Å². The molecule has 0 atom stereocenters. The van der Waals surface area contributed by atoms with Gasteiger partial charge in [-0.05, 0) is 17.7 Å². The van der Waals surface area contributed by atoms with Crippen LogP contribution in [0.1, 0.15) is 15.9 Å². The normalized spacial score (nSPS) is 11.3. The lowest BCUT2D eigenvalue weighted by molar-refractivity contribution is 0.104. The minimum Gasteiger partial charge on any atom is -0.398 e. The lowest BCUT2D eigenvalue weighted by Gasteiger charge is -2.02. The molecule has 1 heterocycles. The van der Waals surface area contributed by atoms with Gasteiger partial charge in [0.05, 0.1) is 5.56 Å². The number of nitrogens with zero attached hydrogens (tertiary/aromatic N) is 1. The number of rotatable bonds is 3. The summed E-state index contributed by atoms with van der Waals surface area (Å²) >= 11 is 5.85. The number of nitrogens with two attached hydrogens (primary N) is 1. The summed E-state index contributed by atoms with van der Waals surface area (Å²) in [5.41, 5.74) is 7.41. The Balaban J connectivity index is 2.29. The molecule has 0 bridgehead atoms. The number of ketones is 1. The lowest BCUT2D eigenvalue weighted by Crippen LogP contribution is -2.03. The molecule has 0 fully saturated rings. The molecule has 0 aliphatic carbocycles. The van der Waals surface area contributed by atoms with E-state index >= 15 is 0 Å². The van der Waals surface area contributed by atoms with Crippen molar-refractivity contribution in [2.75, 3.05) is 0 Å². The Morgan fingerprint density at radius 1 is 1.17 bits per heavy atom. The standard InChI is InChI=1S/C14H11ClN2O/c15-14-11(7-4-8-17-14)13(18)9-12(16)10-5-2-1-3-6-10/h1-9H,16H2. The van der Waals surface area contributed by atoms with Gasteiger partial charge in [-0.15, -0.1) is 0 Å². The average molecular weight is 259 g/mol. The third-order valence-corrected chi connectivity index (χ3v) is 2.72. The predicted octanol–water partition coefficient (Wildman–Crippen LogP) is 2.92. The fraction of sp³-hybridized carbons (Fsp3) is 0. The van der Waals surface area contributed by atoms with Crippen molar-refractivity contribution in [2.45, 2.75) is 0 Å². The molecule has 0 saturated carbocycles. The number of carbonyl (C=O) groups is 1. The number of hydrogen-bond acceptors (Lipinski definition) is 3. The number of aromatic nitrogens is 1. The topological polar surface area (TPSA) is 56.0 Å². The van der Waals surface area contributed by atoms with E-state index in [1.807, 2.05) is 30.3 Å². The van der Waals surface area contributed by atoms with E-state index in [4.69, 9.17) is 17.3 Å². The van der Waals surface area contributed by atoms with Crippen molar-refractivity contribution in [3.63, 3.8) is 0 Å². The number of carbonyl (C=O) groups excluding carboxylic acids is 1. The molecular formula is C14H11ClN2O. The van der Waals surface area contributed by atoms with Gasteiger partial charge in [0.15, 0.2) is 5.78 Å². The van der Waals surface area contributed by atoms with Crippen LogP contribution in [-0.4, -0.2) is 10.8 Å². The van der Waals surface area contributed by atoms with Crippen LogP contribution in [0.2, 0.25) is 5.15 Å². The van der Waals surface area contributed by atoms with Crippen molar-refractivity contribution < 1.29 is 4.79 Å². The maximum atomic E-state index is 12.0. The van der Waals surface area contributed by atoms with Gasteiger partial charge in [0.25, 0.3) is 0 Å². The molecule has 3 nitrogen and oxygen atoms in total. The van der Waals surface area contributed by atoms with Crippen LogP contribution in [0.5, 0.6) is 0 Å². The summed E-state index contributed by atoms with van der Waals surface area (Å²) in [6.45, 7) is 0. The van der Waals surface area contributed by atoms with Crippen molar-refractivity contribution in [1.29, 1.82) is 0 Å². The molecule has 2 rings (SSSR count). The molecule has 18 heavy (non-hydrogen) atoms. The lowest BCUT2D eigenvalue weighted by atomic mass is 10.1. The molecule has 0 saturated heterocycles. The van der Waals surface area contributed by atoms with Gasteiger partial charge in [-0.1, -0.05) is 41.9 Å². The summed E-state index contributed by atoms with van der Waals surface area (Å²) in [6.07, 6.45) is 2.89. The smallest absolute Gasteiger partial charge is 0.191 e. The van der Waals surface area contributed by atoms with Crippen LogP contribution in [0.4, 0.5) is 0 Å². The van der Waals surface area contributed by atoms with Gasteiger partial charge < -0.3 is 5.73 Å². The summed E-state index contributed by atoms with van der Waals surface area (Å²) in [5.74, 6) is -0.255. The van der Waals surface area contributed by atoms with E-state index in [0.29, 0.717) is 11.3 Å². The molecule has 2 aromatic rings. The molecule has 1 aromatic carbocycles. The van der Waals surface area contributed by atoms with Gasteiger partial charge in [-0.2, -0.15) is 0 Å². The average Bonchev–Trinajstić information content (AvgIpc) is 2.40. The first kappa shape index (κ1) is 12.3.